The summed E-state index contributed by atoms with van der Waals surface area (Å²) in [5.74, 6) is -2.02. The van der Waals surface area contributed by atoms with Crippen molar-refractivity contribution >= 4 is 5.97 Å². The number of aliphatic carboxylic acids is 1. The van der Waals surface area contributed by atoms with Crippen LogP contribution in [0.1, 0.15) is 38.2 Å². The molecule has 144 valence electrons. The van der Waals surface area contributed by atoms with Gasteiger partial charge in [-0.15, -0.1) is 0 Å². The molecule has 27 heavy (non-hydrogen) atoms. The zero-order chi connectivity index (χ0) is 19.6. The lowest BCUT2D eigenvalue weighted by Crippen LogP contribution is -2.31. The molecule has 0 bridgehead atoms. The Bertz CT molecular complexity index is 812. The van der Waals surface area contributed by atoms with Crippen molar-refractivity contribution in [2.24, 2.45) is 0 Å². The molecule has 6 heteroatoms. The summed E-state index contributed by atoms with van der Waals surface area (Å²) in [6.07, 6.45) is 1.22. The molecule has 1 aliphatic carbocycles. The maximum Gasteiger partial charge on any atom is 0.329 e. The highest BCUT2D eigenvalue weighted by Crippen LogP contribution is 2.40. The van der Waals surface area contributed by atoms with Crippen LogP contribution >= 0.6 is 0 Å². The molecular weight excluding hydrogens is 354 g/mol. The molecule has 1 N–H and O–H groups in total. The predicted molar refractivity (Wildman–Crippen MR) is 96.9 cm³/mol. The number of carbonyl (C=O) groups is 1. The Morgan fingerprint density at radius 3 is 2.41 bits per heavy atom. The van der Waals surface area contributed by atoms with Gasteiger partial charge in [0.15, 0.2) is 11.6 Å². The highest BCUT2D eigenvalue weighted by Gasteiger charge is 2.31. The van der Waals surface area contributed by atoms with Crippen LogP contribution in [0.25, 0.3) is 11.1 Å². The van der Waals surface area contributed by atoms with E-state index in [1.54, 1.807) is 26.0 Å². The predicted octanol–water partition coefficient (Wildman–Crippen LogP) is 4.77. The van der Waals surface area contributed by atoms with Gasteiger partial charge in [-0.2, -0.15) is 0 Å². The lowest BCUT2D eigenvalue weighted by atomic mass is 9.77. The Balaban J connectivity index is 1.72. The first-order valence-corrected chi connectivity index (χ1v) is 8.93. The van der Waals surface area contributed by atoms with Crippen molar-refractivity contribution in [3.8, 4) is 16.9 Å². The van der Waals surface area contributed by atoms with Crippen molar-refractivity contribution < 1.29 is 28.2 Å². The van der Waals surface area contributed by atoms with Crippen LogP contribution in [0.3, 0.4) is 0 Å². The molecule has 0 spiro atoms. The second-order valence-corrected chi connectivity index (χ2v) is 7.02. The standard InChI is InChI=1S/C21H22F2O4/c1-12(2)27-18-8-7-17(22)20(21(18)23)14-5-3-13(4-6-14)15-9-16(10-15)26-11-19(24)25/h3-8,12,15-16H,9-11H2,1-2H3,(H,24,25)/t15-,16+. The Labute approximate surface area is 156 Å². The average Bonchev–Trinajstić information content (AvgIpc) is 2.57. The number of hydrogen-bond donors (Lipinski definition) is 1. The normalized spacial score (nSPS) is 19.0. The molecule has 0 unspecified atom stereocenters. The molecule has 2 aromatic carbocycles. The number of rotatable bonds is 7. The van der Waals surface area contributed by atoms with Gasteiger partial charge in [-0.1, -0.05) is 24.3 Å². The fourth-order valence-corrected chi connectivity index (χ4v) is 3.23. The largest absolute Gasteiger partial charge is 0.488 e. The quantitative estimate of drug-likeness (QED) is 0.757. The van der Waals surface area contributed by atoms with Gasteiger partial charge in [0.25, 0.3) is 0 Å². The van der Waals surface area contributed by atoms with Crippen LogP contribution in [-0.4, -0.2) is 29.9 Å². The van der Waals surface area contributed by atoms with Crippen LogP contribution in [0.15, 0.2) is 36.4 Å². The SMILES string of the molecule is CC(C)Oc1ccc(F)c(-c2ccc([C@H]3C[C@@H](OCC(=O)O)C3)cc2)c1F. The van der Waals surface area contributed by atoms with Crippen LogP contribution in [0.4, 0.5) is 8.78 Å². The first-order valence-electron chi connectivity index (χ1n) is 8.93. The molecule has 0 amide bonds. The molecule has 4 nitrogen and oxygen atoms in total. The minimum absolute atomic E-state index is 0.0305. The Morgan fingerprint density at radius 1 is 1.15 bits per heavy atom. The summed E-state index contributed by atoms with van der Waals surface area (Å²) in [5.41, 5.74) is 1.39. The summed E-state index contributed by atoms with van der Waals surface area (Å²) < 4.78 is 39.6. The topological polar surface area (TPSA) is 55.8 Å². The summed E-state index contributed by atoms with van der Waals surface area (Å²) in [7, 11) is 0. The van der Waals surface area contributed by atoms with Crippen molar-refractivity contribution in [2.75, 3.05) is 6.61 Å². The average molecular weight is 376 g/mol. The second kappa shape index (κ2) is 8.05. The van der Waals surface area contributed by atoms with Crippen LogP contribution in [0.2, 0.25) is 0 Å². The maximum absolute atomic E-state index is 14.7. The number of halogens is 2. The number of benzene rings is 2. The molecule has 0 aromatic heterocycles. The third kappa shape index (κ3) is 4.45. The number of ether oxygens (including phenoxy) is 2. The fraction of sp³-hybridized carbons (Fsp3) is 0.381. The summed E-state index contributed by atoms with van der Waals surface area (Å²) in [6.45, 7) is 3.27. The lowest BCUT2D eigenvalue weighted by molar-refractivity contribution is -0.146. The van der Waals surface area contributed by atoms with Crippen LogP contribution in [0.5, 0.6) is 5.75 Å². The molecule has 0 saturated heterocycles. The highest BCUT2D eigenvalue weighted by molar-refractivity contribution is 5.68. The third-order valence-electron chi connectivity index (χ3n) is 4.63. The van der Waals surface area contributed by atoms with E-state index < -0.39 is 17.6 Å². The van der Waals surface area contributed by atoms with Gasteiger partial charge >= 0.3 is 5.97 Å². The smallest absolute Gasteiger partial charge is 0.329 e. The molecule has 0 atom stereocenters. The molecule has 0 aliphatic heterocycles. The van der Waals surface area contributed by atoms with E-state index in [4.69, 9.17) is 14.6 Å². The highest BCUT2D eigenvalue weighted by atomic mass is 19.1. The van der Waals surface area contributed by atoms with Gasteiger partial charge < -0.3 is 14.6 Å². The molecular formula is C21H22F2O4. The molecule has 0 heterocycles. The van der Waals surface area contributed by atoms with Crippen molar-refractivity contribution in [3.05, 3.63) is 53.6 Å². The van der Waals surface area contributed by atoms with E-state index in [1.807, 2.05) is 12.1 Å². The van der Waals surface area contributed by atoms with Crippen molar-refractivity contribution in [3.63, 3.8) is 0 Å². The van der Waals surface area contributed by atoms with Crippen molar-refractivity contribution in [2.45, 2.75) is 44.8 Å². The van der Waals surface area contributed by atoms with E-state index in [0.29, 0.717) is 5.56 Å². The summed E-state index contributed by atoms with van der Waals surface area (Å²) in [4.78, 5) is 10.5. The second-order valence-electron chi connectivity index (χ2n) is 7.02. The van der Waals surface area contributed by atoms with Crippen LogP contribution in [0, 0.1) is 11.6 Å². The maximum atomic E-state index is 14.7. The first-order chi connectivity index (χ1) is 12.8. The van der Waals surface area contributed by atoms with Gasteiger partial charge in [-0.3, -0.25) is 0 Å². The Morgan fingerprint density at radius 2 is 1.81 bits per heavy atom. The number of hydrogen-bond acceptors (Lipinski definition) is 3. The van der Waals surface area contributed by atoms with Crippen molar-refractivity contribution in [1.29, 1.82) is 0 Å². The van der Waals surface area contributed by atoms with Gasteiger partial charge in [-0.05, 0) is 55.9 Å². The van der Waals surface area contributed by atoms with Gasteiger partial charge in [0.05, 0.1) is 17.8 Å². The molecule has 1 aliphatic rings. The minimum atomic E-state index is -0.976. The van der Waals surface area contributed by atoms with E-state index in [2.05, 4.69) is 0 Å². The van der Waals surface area contributed by atoms with Gasteiger partial charge in [-0.25, -0.2) is 13.6 Å². The zero-order valence-corrected chi connectivity index (χ0v) is 15.2. The Hall–Kier alpha value is -2.47. The van der Waals surface area contributed by atoms with E-state index in [-0.39, 0.29) is 36.0 Å². The van der Waals surface area contributed by atoms with Crippen LogP contribution in [-0.2, 0) is 9.53 Å². The van der Waals surface area contributed by atoms with Crippen LogP contribution < -0.4 is 4.74 Å². The summed E-state index contributed by atoms with van der Waals surface area (Å²) in [6, 6.07) is 9.60. The monoisotopic (exact) mass is 376 g/mol. The molecule has 0 radical (unpaired) electrons. The third-order valence-corrected chi connectivity index (χ3v) is 4.63. The Kier molecular flexibility index (Phi) is 5.75. The molecule has 1 saturated carbocycles. The van der Waals surface area contributed by atoms with Gasteiger partial charge in [0.1, 0.15) is 12.4 Å². The number of carboxylic acids is 1. The van der Waals surface area contributed by atoms with E-state index in [1.165, 1.54) is 12.1 Å². The zero-order valence-electron chi connectivity index (χ0n) is 15.2. The lowest BCUT2D eigenvalue weighted by Gasteiger charge is -2.35. The molecule has 2 aromatic rings. The molecule has 1 fully saturated rings. The first kappa shape index (κ1) is 19.3. The van der Waals surface area contributed by atoms with Gasteiger partial charge in [0, 0.05) is 0 Å². The number of carboxylic acid groups (broad SMARTS) is 1. The summed E-state index contributed by atoms with van der Waals surface area (Å²) in [5, 5.41) is 8.62. The van der Waals surface area contributed by atoms with Gasteiger partial charge in [0.2, 0.25) is 0 Å². The van der Waals surface area contributed by atoms with E-state index in [9.17, 15) is 13.6 Å². The van der Waals surface area contributed by atoms with E-state index >= 15 is 0 Å². The molecule has 3 rings (SSSR count). The summed E-state index contributed by atoms with van der Waals surface area (Å²) >= 11 is 0. The van der Waals surface area contributed by atoms with Crippen molar-refractivity contribution in [1.82, 2.24) is 0 Å². The minimum Gasteiger partial charge on any atom is -0.488 e. The fourth-order valence-electron chi connectivity index (χ4n) is 3.23. The van der Waals surface area contributed by atoms with E-state index in [0.717, 1.165) is 18.4 Å².